The molecule has 0 unspecified atom stereocenters. The van der Waals surface area contributed by atoms with Crippen LogP contribution < -0.4 is 11.1 Å². The second kappa shape index (κ2) is 16.6. The first-order valence-electron chi connectivity index (χ1n) is 13.0. The summed E-state index contributed by atoms with van der Waals surface area (Å²) in [6, 6.07) is 5.41. The van der Waals surface area contributed by atoms with E-state index >= 15 is 0 Å². The summed E-state index contributed by atoms with van der Waals surface area (Å²) >= 11 is 0. The molecule has 1 heterocycles. The Morgan fingerprint density at radius 2 is 1.28 bits per heavy atom. The Morgan fingerprint density at radius 3 is 1.88 bits per heavy atom. The quantitative estimate of drug-likeness (QED) is 0.230. The lowest BCUT2D eigenvalue weighted by Crippen LogP contribution is -2.25. The number of carbonyl (C=O) groups is 1. The van der Waals surface area contributed by atoms with Crippen molar-refractivity contribution in [3.8, 4) is 0 Å². The molecule has 0 bridgehead atoms. The van der Waals surface area contributed by atoms with Crippen LogP contribution in [-0.2, 0) is 11.2 Å². The predicted octanol–water partition coefficient (Wildman–Crippen LogP) is 7.31. The minimum absolute atomic E-state index is 0.121. The Labute approximate surface area is 193 Å². The number of benzene rings is 1. The third kappa shape index (κ3) is 11.5. The van der Waals surface area contributed by atoms with Crippen LogP contribution in [0, 0.1) is 0 Å². The Bertz CT molecular complexity index is 807. The van der Waals surface area contributed by atoms with Crippen molar-refractivity contribution >= 4 is 17.1 Å². The van der Waals surface area contributed by atoms with Gasteiger partial charge in [-0.2, -0.15) is 0 Å². The molecule has 0 aliphatic heterocycles. The highest BCUT2D eigenvalue weighted by atomic mass is 16.6. The van der Waals surface area contributed by atoms with E-state index in [0.29, 0.717) is 30.6 Å². The van der Waals surface area contributed by atoms with Crippen molar-refractivity contribution in [1.29, 1.82) is 0 Å². The summed E-state index contributed by atoms with van der Waals surface area (Å²) in [6.07, 6.45) is 21.3. The minimum atomic E-state index is -0.686. The SMILES string of the molecule is CCCCCCCCCCCCCCCCCC(=O)NCCc1ccc2oc(=O)oc2c1. The molecular formula is C27H43NO4. The molecule has 1 aromatic heterocycles. The number of rotatable bonds is 19. The van der Waals surface area contributed by atoms with Gasteiger partial charge in [0.05, 0.1) is 0 Å². The second-order valence-corrected chi connectivity index (χ2v) is 9.03. The largest absolute Gasteiger partial charge is 0.519 e. The van der Waals surface area contributed by atoms with Gasteiger partial charge in [-0.3, -0.25) is 4.79 Å². The standard InChI is InChI=1S/C27H43NO4/c1-2-3-4-5-6-7-8-9-10-11-12-13-14-15-16-17-26(29)28-21-20-23-18-19-24-25(22-23)32-27(30)31-24/h18-19,22H,2-17,20-21H2,1H3,(H,28,29). The molecule has 0 saturated carbocycles. The summed E-state index contributed by atoms with van der Waals surface area (Å²) in [7, 11) is 0. The third-order valence-electron chi connectivity index (χ3n) is 6.14. The van der Waals surface area contributed by atoms with Crippen LogP contribution in [0.25, 0.3) is 11.2 Å². The van der Waals surface area contributed by atoms with Crippen LogP contribution in [0.2, 0.25) is 0 Å². The lowest BCUT2D eigenvalue weighted by molar-refractivity contribution is -0.121. The molecular weight excluding hydrogens is 402 g/mol. The van der Waals surface area contributed by atoms with E-state index in [0.717, 1.165) is 18.4 Å². The second-order valence-electron chi connectivity index (χ2n) is 9.03. The molecule has 1 amide bonds. The number of nitrogens with one attached hydrogen (secondary N) is 1. The average molecular weight is 446 g/mol. The molecule has 2 rings (SSSR count). The number of amides is 1. The van der Waals surface area contributed by atoms with Crippen LogP contribution in [0.15, 0.2) is 31.8 Å². The van der Waals surface area contributed by atoms with E-state index in [4.69, 9.17) is 8.83 Å². The minimum Gasteiger partial charge on any atom is -0.391 e. The van der Waals surface area contributed by atoms with Crippen molar-refractivity contribution in [2.45, 2.75) is 116 Å². The van der Waals surface area contributed by atoms with E-state index in [1.807, 2.05) is 6.07 Å². The van der Waals surface area contributed by atoms with Crippen LogP contribution in [-0.4, -0.2) is 12.5 Å². The van der Waals surface area contributed by atoms with Crippen LogP contribution in [0.4, 0.5) is 0 Å². The number of carbonyl (C=O) groups excluding carboxylic acids is 1. The summed E-state index contributed by atoms with van der Waals surface area (Å²) in [5.74, 6) is -0.565. The van der Waals surface area contributed by atoms with Gasteiger partial charge >= 0.3 is 5.82 Å². The normalized spacial score (nSPS) is 11.3. The van der Waals surface area contributed by atoms with Gasteiger partial charge < -0.3 is 14.2 Å². The molecule has 0 aliphatic carbocycles. The van der Waals surface area contributed by atoms with Crippen LogP contribution >= 0.6 is 0 Å². The number of hydrogen-bond acceptors (Lipinski definition) is 4. The topological polar surface area (TPSA) is 72.5 Å². The van der Waals surface area contributed by atoms with E-state index in [2.05, 4.69) is 12.2 Å². The smallest absolute Gasteiger partial charge is 0.391 e. The fourth-order valence-electron chi connectivity index (χ4n) is 4.16. The predicted molar refractivity (Wildman–Crippen MR) is 131 cm³/mol. The summed E-state index contributed by atoms with van der Waals surface area (Å²) in [6.45, 7) is 2.86. The molecule has 0 radical (unpaired) electrons. The van der Waals surface area contributed by atoms with Gasteiger partial charge in [-0.25, -0.2) is 4.79 Å². The Hall–Kier alpha value is -2.04. The Balaban J connectivity index is 1.36. The van der Waals surface area contributed by atoms with Gasteiger partial charge in [0, 0.05) is 13.0 Å². The number of unbranched alkanes of at least 4 members (excludes halogenated alkanes) is 14. The summed E-state index contributed by atoms with van der Waals surface area (Å²) in [5.41, 5.74) is 1.92. The van der Waals surface area contributed by atoms with Crippen LogP contribution in [0.1, 0.15) is 115 Å². The zero-order valence-electron chi connectivity index (χ0n) is 20.1. The van der Waals surface area contributed by atoms with E-state index in [-0.39, 0.29) is 5.91 Å². The molecule has 0 fully saturated rings. The first kappa shape index (κ1) is 26.2. The van der Waals surface area contributed by atoms with E-state index in [1.54, 1.807) is 12.1 Å². The van der Waals surface area contributed by atoms with Gasteiger partial charge in [0.2, 0.25) is 5.91 Å². The maximum atomic E-state index is 12.0. The summed E-state index contributed by atoms with van der Waals surface area (Å²) in [4.78, 5) is 23.1. The van der Waals surface area contributed by atoms with Gasteiger partial charge in [-0.05, 0) is 30.5 Å². The Kier molecular flexibility index (Phi) is 13.6. The van der Waals surface area contributed by atoms with Crippen molar-refractivity contribution in [1.82, 2.24) is 5.32 Å². The summed E-state index contributed by atoms with van der Waals surface area (Å²) in [5, 5.41) is 2.98. The van der Waals surface area contributed by atoms with Crippen LogP contribution in [0.5, 0.6) is 0 Å². The molecule has 5 heteroatoms. The molecule has 0 saturated heterocycles. The molecule has 0 aliphatic rings. The lowest BCUT2D eigenvalue weighted by Gasteiger charge is -2.06. The highest BCUT2D eigenvalue weighted by molar-refractivity contribution is 5.75. The molecule has 32 heavy (non-hydrogen) atoms. The molecule has 0 spiro atoms. The van der Waals surface area contributed by atoms with Crippen molar-refractivity contribution in [2.24, 2.45) is 0 Å². The van der Waals surface area contributed by atoms with Gasteiger partial charge in [0.25, 0.3) is 0 Å². The van der Waals surface area contributed by atoms with E-state index in [9.17, 15) is 9.59 Å². The number of hydrogen-bond donors (Lipinski definition) is 1. The van der Waals surface area contributed by atoms with Crippen molar-refractivity contribution < 1.29 is 13.6 Å². The molecule has 180 valence electrons. The van der Waals surface area contributed by atoms with E-state index in [1.165, 1.54) is 83.5 Å². The zero-order valence-corrected chi connectivity index (χ0v) is 20.1. The molecule has 0 atom stereocenters. The molecule has 1 N–H and O–H groups in total. The monoisotopic (exact) mass is 445 g/mol. The van der Waals surface area contributed by atoms with Crippen molar-refractivity contribution in [3.63, 3.8) is 0 Å². The maximum absolute atomic E-state index is 12.0. The fourth-order valence-corrected chi connectivity index (χ4v) is 4.16. The highest BCUT2D eigenvalue weighted by Gasteiger charge is 2.05. The highest BCUT2D eigenvalue weighted by Crippen LogP contribution is 2.15. The first-order valence-corrected chi connectivity index (χ1v) is 13.0. The Morgan fingerprint density at radius 1 is 0.750 bits per heavy atom. The average Bonchev–Trinajstić information content (AvgIpc) is 3.15. The third-order valence-corrected chi connectivity index (χ3v) is 6.14. The number of fused-ring (bicyclic) bond motifs is 1. The molecule has 1 aromatic carbocycles. The van der Waals surface area contributed by atoms with Crippen molar-refractivity contribution in [2.75, 3.05) is 6.54 Å². The fraction of sp³-hybridized carbons (Fsp3) is 0.704. The molecule has 5 nitrogen and oxygen atoms in total. The van der Waals surface area contributed by atoms with Gasteiger partial charge in [-0.15, -0.1) is 0 Å². The maximum Gasteiger partial charge on any atom is 0.519 e. The zero-order chi connectivity index (χ0) is 22.9. The van der Waals surface area contributed by atoms with E-state index < -0.39 is 5.82 Å². The van der Waals surface area contributed by atoms with Gasteiger partial charge in [-0.1, -0.05) is 103 Å². The lowest BCUT2D eigenvalue weighted by atomic mass is 10.0. The van der Waals surface area contributed by atoms with Crippen molar-refractivity contribution in [3.05, 3.63) is 34.4 Å². The molecule has 2 aromatic rings. The first-order chi connectivity index (χ1) is 15.7. The van der Waals surface area contributed by atoms with Gasteiger partial charge in [0.15, 0.2) is 11.2 Å². The van der Waals surface area contributed by atoms with Gasteiger partial charge in [0.1, 0.15) is 0 Å². The summed E-state index contributed by atoms with van der Waals surface area (Å²) < 4.78 is 9.86. The van der Waals surface area contributed by atoms with Crippen LogP contribution in [0.3, 0.4) is 0 Å².